The number of aryl methyl sites for hydroxylation is 3. The van der Waals surface area contributed by atoms with Gasteiger partial charge < -0.3 is 4.90 Å². The molecule has 2 aromatic rings. The minimum Gasteiger partial charge on any atom is -0.336 e. The van der Waals surface area contributed by atoms with Crippen LogP contribution in [-0.4, -0.2) is 59.9 Å². The summed E-state index contributed by atoms with van der Waals surface area (Å²) in [7, 11) is -3.60. The first-order valence-corrected chi connectivity index (χ1v) is 9.62. The van der Waals surface area contributed by atoms with Crippen molar-refractivity contribution in [3.05, 3.63) is 46.8 Å². The quantitative estimate of drug-likeness (QED) is 0.896. The van der Waals surface area contributed by atoms with Crippen molar-refractivity contribution in [1.29, 1.82) is 0 Å². The Morgan fingerprint density at radius 3 is 2.16 bits per heavy atom. The van der Waals surface area contributed by atoms with E-state index in [9.17, 15) is 13.2 Å². The molecule has 0 spiro atoms. The lowest BCUT2D eigenvalue weighted by Gasteiger charge is -2.34. The van der Waals surface area contributed by atoms with Crippen LogP contribution < -0.4 is 0 Å². The maximum Gasteiger partial charge on any atom is 0.253 e. The molecule has 0 aliphatic carbocycles. The minimum atomic E-state index is -3.60. The second-order valence-corrected chi connectivity index (χ2v) is 8.20. The van der Waals surface area contributed by atoms with Gasteiger partial charge in [0.1, 0.15) is 4.90 Å². The van der Waals surface area contributed by atoms with Gasteiger partial charge in [-0.25, -0.2) is 8.42 Å². The highest BCUT2D eigenvalue weighted by atomic mass is 32.2. The van der Waals surface area contributed by atoms with Gasteiger partial charge >= 0.3 is 0 Å². The standard InChI is InChI=1S/C17H22N4O3S/c1-12-4-6-15(7-5-12)17(22)20-8-10-21(11-9-20)25(23,24)16-13(2)18-19-14(16)3/h4-7H,8-11H2,1-3H3,(H,18,19). The van der Waals surface area contributed by atoms with Gasteiger partial charge in [-0.1, -0.05) is 17.7 Å². The summed E-state index contributed by atoms with van der Waals surface area (Å²) < 4.78 is 27.1. The van der Waals surface area contributed by atoms with Gasteiger partial charge in [0.2, 0.25) is 10.0 Å². The average molecular weight is 362 g/mol. The first-order valence-electron chi connectivity index (χ1n) is 8.18. The van der Waals surface area contributed by atoms with Crippen LogP contribution in [0.25, 0.3) is 0 Å². The molecule has 25 heavy (non-hydrogen) atoms. The summed E-state index contributed by atoms with van der Waals surface area (Å²) in [6.45, 7) is 6.66. The van der Waals surface area contributed by atoms with Crippen LogP contribution in [-0.2, 0) is 10.0 Å². The second-order valence-electron chi connectivity index (χ2n) is 6.33. The van der Waals surface area contributed by atoms with Crippen molar-refractivity contribution in [2.75, 3.05) is 26.2 Å². The van der Waals surface area contributed by atoms with Gasteiger partial charge in [-0.15, -0.1) is 0 Å². The Labute approximate surface area is 147 Å². The Morgan fingerprint density at radius 2 is 1.64 bits per heavy atom. The fourth-order valence-corrected chi connectivity index (χ4v) is 4.81. The van der Waals surface area contributed by atoms with E-state index in [4.69, 9.17) is 0 Å². The van der Waals surface area contributed by atoms with Crippen LogP contribution in [0.3, 0.4) is 0 Å². The largest absolute Gasteiger partial charge is 0.336 e. The topological polar surface area (TPSA) is 86.4 Å². The zero-order chi connectivity index (χ0) is 18.2. The molecule has 0 radical (unpaired) electrons. The number of H-pyrrole nitrogens is 1. The predicted octanol–water partition coefficient (Wildman–Crippen LogP) is 1.48. The van der Waals surface area contributed by atoms with Crippen LogP contribution >= 0.6 is 0 Å². The summed E-state index contributed by atoms with van der Waals surface area (Å²) in [6, 6.07) is 7.41. The molecule has 1 saturated heterocycles. The van der Waals surface area contributed by atoms with Crippen LogP contribution in [0.5, 0.6) is 0 Å². The summed E-state index contributed by atoms with van der Waals surface area (Å²) in [4.78, 5) is 14.5. The third-order valence-corrected chi connectivity index (χ3v) is 6.65. The summed E-state index contributed by atoms with van der Waals surface area (Å²) in [6.07, 6.45) is 0. The fourth-order valence-electron chi connectivity index (χ4n) is 3.06. The number of carbonyl (C=O) groups is 1. The van der Waals surface area contributed by atoms with Crippen LogP contribution in [0.4, 0.5) is 0 Å². The molecule has 8 heteroatoms. The van der Waals surface area contributed by atoms with Gasteiger partial charge in [0, 0.05) is 31.7 Å². The number of carbonyl (C=O) groups excluding carboxylic acids is 1. The van der Waals surface area contributed by atoms with E-state index in [0.717, 1.165) is 5.56 Å². The van der Waals surface area contributed by atoms with E-state index in [-0.39, 0.29) is 23.9 Å². The predicted molar refractivity (Wildman–Crippen MR) is 93.9 cm³/mol. The molecule has 7 nitrogen and oxygen atoms in total. The monoisotopic (exact) mass is 362 g/mol. The molecule has 1 amide bonds. The average Bonchev–Trinajstić information content (AvgIpc) is 2.94. The summed E-state index contributed by atoms with van der Waals surface area (Å²) in [5.41, 5.74) is 2.73. The maximum absolute atomic E-state index is 12.8. The van der Waals surface area contributed by atoms with Gasteiger partial charge in [-0.3, -0.25) is 9.89 Å². The lowest BCUT2D eigenvalue weighted by molar-refractivity contribution is 0.0698. The van der Waals surface area contributed by atoms with Crippen LogP contribution in [0, 0.1) is 20.8 Å². The van der Waals surface area contributed by atoms with Gasteiger partial charge in [-0.05, 0) is 32.9 Å². The van der Waals surface area contributed by atoms with Crippen molar-refractivity contribution in [2.45, 2.75) is 25.7 Å². The van der Waals surface area contributed by atoms with E-state index in [1.54, 1.807) is 30.9 Å². The molecular weight excluding hydrogens is 340 g/mol. The Morgan fingerprint density at radius 1 is 1.04 bits per heavy atom. The Hall–Kier alpha value is -2.19. The van der Waals surface area contributed by atoms with Gasteiger partial charge in [0.25, 0.3) is 5.91 Å². The van der Waals surface area contributed by atoms with E-state index in [0.29, 0.717) is 30.0 Å². The lowest BCUT2D eigenvalue weighted by Crippen LogP contribution is -2.50. The maximum atomic E-state index is 12.8. The highest BCUT2D eigenvalue weighted by molar-refractivity contribution is 7.89. The van der Waals surface area contributed by atoms with Gasteiger partial charge in [0.15, 0.2) is 0 Å². The minimum absolute atomic E-state index is 0.0623. The zero-order valence-corrected chi connectivity index (χ0v) is 15.4. The third kappa shape index (κ3) is 3.32. The number of aromatic nitrogens is 2. The number of nitrogens with one attached hydrogen (secondary N) is 1. The number of aromatic amines is 1. The molecule has 0 unspecified atom stereocenters. The summed E-state index contributed by atoms with van der Waals surface area (Å²) in [5, 5.41) is 6.69. The number of hydrogen-bond acceptors (Lipinski definition) is 4. The Balaban J connectivity index is 1.71. The molecule has 1 N–H and O–H groups in total. The normalized spacial score (nSPS) is 16.2. The molecule has 1 aromatic carbocycles. The number of hydrogen-bond donors (Lipinski definition) is 1. The van der Waals surface area contributed by atoms with E-state index in [1.165, 1.54) is 4.31 Å². The van der Waals surface area contributed by atoms with Gasteiger partial charge in [0.05, 0.1) is 11.4 Å². The van der Waals surface area contributed by atoms with E-state index in [2.05, 4.69) is 10.2 Å². The molecule has 1 aliphatic heterocycles. The van der Waals surface area contributed by atoms with E-state index >= 15 is 0 Å². The van der Waals surface area contributed by atoms with Crippen molar-refractivity contribution in [3.8, 4) is 0 Å². The SMILES string of the molecule is Cc1ccc(C(=O)N2CCN(S(=O)(=O)c3c(C)n[nH]c3C)CC2)cc1. The molecule has 0 saturated carbocycles. The molecule has 2 heterocycles. The molecule has 1 aromatic heterocycles. The number of nitrogens with zero attached hydrogens (tertiary/aromatic N) is 3. The van der Waals surface area contributed by atoms with Crippen LogP contribution in [0.1, 0.15) is 27.3 Å². The third-order valence-electron chi connectivity index (χ3n) is 4.48. The Bertz CT molecular complexity index is 860. The molecule has 134 valence electrons. The van der Waals surface area contributed by atoms with Crippen molar-refractivity contribution in [3.63, 3.8) is 0 Å². The van der Waals surface area contributed by atoms with Crippen LogP contribution in [0.2, 0.25) is 0 Å². The number of sulfonamides is 1. The van der Waals surface area contributed by atoms with Crippen molar-refractivity contribution in [1.82, 2.24) is 19.4 Å². The summed E-state index contributed by atoms with van der Waals surface area (Å²) in [5.74, 6) is -0.0623. The van der Waals surface area contributed by atoms with Gasteiger partial charge in [-0.2, -0.15) is 9.40 Å². The van der Waals surface area contributed by atoms with Crippen LogP contribution in [0.15, 0.2) is 29.2 Å². The van der Waals surface area contributed by atoms with E-state index in [1.807, 2.05) is 19.1 Å². The first kappa shape index (κ1) is 17.6. The second kappa shape index (κ2) is 6.61. The van der Waals surface area contributed by atoms with Crippen molar-refractivity contribution in [2.24, 2.45) is 0 Å². The zero-order valence-electron chi connectivity index (χ0n) is 14.6. The van der Waals surface area contributed by atoms with Crippen molar-refractivity contribution >= 4 is 15.9 Å². The lowest BCUT2D eigenvalue weighted by atomic mass is 10.1. The summed E-state index contributed by atoms with van der Waals surface area (Å²) >= 11 is 0. The highest BCUT2D eigenvalue weighted by Gasteiger charge is 2.33. The molecule has 1 aliphatic rings. The first-order chi connectivity index (χ1) is 11.8. The molecule has 0 bridgehead atoms. The Kier molecular flexibility index (Phi) is 4.66. The molecule has 0 atom stereocenters. The van der Waals surface area contributed by atoms with E-state index < -0.39 is 10.0 Å². The molecule has 3 rings (SSSR count). The smallest absolute Gasteiger partial charge is 0.253 e. The number of amides is 1. The fraction of sp³-hybridized carbons (Fsp3) is 0.412. The number of benzene rings is 1. The molecule has 1 fully saturated rings. The number of piperazine rings is 1. The van der Waals surface area contributed by atoms with Crippen molar-refractivity contribution < 1.29 is 13.2 Å². The number of rotatable bonds is 3. The highest BCUT2D eigenvalue weighted by Crippen LogP contribution is 2.23. The molecular formula is C17H22N4O3S.